The van der Waals surface area contributed by atoms with Crippen LogP contribution in [0.2, 0.25) is 0 Å². The van der Waals surface area contributed by atoms with Crippen LogP contribution in [0, 0.1) is 11.8 Å². The van der Waals surface area contributed by atoms with E-state index in [-0.39, 0.29) is 24.3 Å². The van der Waals surface area contributed by atoms with Gasteiger partial charge in [-0.3, -0.25) is 14.4 Å². The second-order valence-corrected chi connectivity index (χ2v) is 10.9. The van der Waals surface area contributed by atoms with E-state index in [4.69, 9.17) is 4.74 Å². The number of carbonyl (C=O) groups is 3. The number of aliphatic hydroxyl groups excluding tert-OH is 1. The number of benzene rings is 2. The Bertz CT molecular complexity index is 1170. The standard InChI is InChI=1S/C30H37N3O5/c1-3-4-11-18-31-27(36)25-30-17-16-29(2,38-30)23(26(35)32-21-14-9-6-10-15-21)24(30)28(37)33(25)22(19-34)20-12-7-5-8-13-20/h5-10,12-15,22-25,34H,3-4,11,16-19H2,1-2H3,(H,31,36)(H,32,35)/t22-,23-,24+,25?,29+,30?/m1/s1. The largest absolute Gasteiger partial charge is 0.394 e. The summed E-state index contributed by atoms with van der Waals surface area (Å²) in [5.41, 5.74) is -0.632. The Morgan fingerprint density at radius 3 is 2.39 bits per heavy atom. The van der Waals surface area contributed by atoms with E-state index in [9.17, 15) is 19.5 Å². The van der Waals surface area contributed by atoms with Crippen molar-refractivity contribution >= 4 is 23.4 Å². The third kappa shape index (κ3) is 4.29. The zero-order valence-electron chi connectivity index (χ0n) is 22.1. The van der Waals surface area contributed by atoms with Crippen molar-refractivity contribution in [3.05, 3.63) is 66.2 Å². The number of rotatable bonds is 10. The van der Waals surface area contributed by atoms with E-state index in [1.54, 1.807) is 12.1 Å². The first-order valence-corrected chi connectivity index (χ1v) is 13.7. The maximum atomic E-state index is 14.3. The predicted molar refractivity (Wildman–Crippen MR) is 143 cm³/mol. The molecule has 0 aromatic heterocycles. The van der Waals surface area contributed by atoms with Gasteiger partial charge in [-0.1, -0.05) is 68.3 Å². The first kappa shape index (κ1) is 26.4. The fraction of sp³-hybridized carbons (Fsp3) is 0.500. The number of likely N-dealkylation sites (tertiary alicyclic amines) is 1. The topological polar surface area (TPSA) is 108 Å². The lowest BCUT2D eigenvalue weighted by Crippen LogP contribution is -2.56. The molecule has 3 heterocycles. The van der Waals surface area contributed by atoms with Crippen LogP contribution < -0.4 is 10.6 Å². The summed E-state index contributed by atoms with van der Waals surface area (Å²) in [4.78, 5) is 43.4. The zero-order valence-corrected chi connectivity index (χ0v) is 22.1. The lowest BCUT2D eigenvalue weighted by Gasteiger charge is -2.37. The molecule has 6 atom stereocenters. The van der Waals surface area contributed by atoms with Gasteiger partial charge in [0, 0.05) is 12.2 Å². The van der Waals surface area contributed by atoms with E-state index in [1.807, 2.05) is 55.5 Å². The van der Waals surface area contributed by atoms with Crippen LogP contribution in [0.5, 0.6) is 0 Å². The highest BCUT2D eigenvalue weighted by Crippen LogP contribution is 2.64. The van der Waals surface area contributed by atoms with Gasteiger partial charge < -0.3 is 25.4 Å². The van der Waals surface area contributed by atoms with Crippen LogP contribution >= 0.6 is 0 Å². The van der Waals surface area contributed by atoms with Gasteiger partial charge >= 0.3 is 0 Å². The predicted octanol–water partition coefficient (Wildman–Crippen LogP) is 3.43. The Morgan fingerprint density at radius 2 is 1.74 bits per heavy atom. The van der Waals surface area contributed by atoms with Gasteiger partial charge in [0.15, 0.2) is 0 Å². The Morgan fingerprint density at radius 1 is 1.05 bits per heavy atom. The third-order valence-corrected chi connectivity index (χ3v) is 8.56. The summed E-state index contributed by atoms with van der Waals surface area (Å²) in [6.07, 6.45) is 3.90. The summed E-state index contributed by atoms with van der Waals surface area (Å²) in [7, 11) is 0. The highest BCUT2D eigenvalue weighted by atomic mass is 16.5. The number of aliphatic hydroxyl groups is 1. The average Bonchev–Trinajstić information content (AvgIpc) is 3.49. The lowest BCUT2D eigenvalue weighted by atomic mass is 9.66. The summed E-state index contributed by atoms with van der Waals surface area (Å²) < 4.78 is 6.67. The van der Waals surface area contributed by atoms with Crippen molar-refractivity contribution < 1.29 is 24.2 Å². The van der Waals surface area contributed by atoms with Gasteiger partial charge in [-0.15, -0.1) is 0 Å². The number of unbranched alkanes of at least 4 members (excludes halogenated alkanes) is 2. The Kier molecular flexibility index (Phi) is 7.29. The number of anilines is 1. The minimum absolute atomic E-state index is 0.289. The molecule has 3 aliphatic rings. The van der Waals surface area contributed by atoms with Gasteiger partial charge in [0.1, 0.15) is 11.6 Å². The molecular formula is C30H37N3O5. The Hall–Kier alpha value is -3.23. The second-order valence-electron chi connectivity index (χ2n) is 10.9. The van der Waals surface area contributed by atoms with E-state index in [0.29, 0.717) is 25.1 Å². The maximum Gasteiger partial charge on any atom is 0.245 e. The normalized spacial score (nSPS) is 30.2. The molecule has 3 aliphatic heterocycles. The minimum Gasteiger partial charge on any atom is -0.394 e. The van der Waals surface area contributed by atoms with Gasteiger partial charge in [-0.25, -0.2) is 0 Å². The SMILES string of the molecule is CCCCCNC(=O)C1N([C@H](CO)c2ccccc2)C(=O)[C@@H]2[C@H](C(=O)Nc3ccccc3)[C@]3(C)CCC12O3. The minimum atomic E-state index is -1.14. The third-order valence-electron chi connectivity index (χ3n) is 8.56. The van der Waals surface area contributed by atoms with E-state index in [0.717, 1.165) is 24.8 Å². The van der Waals surface area contributed by atoms with Crippen molar-refractivity contribution in [1.82, 2.24) is 10.2 Å². The molecule has 3 amide bonds. The molecule has 202 valence electrons. The number of ether oxygens (including phenoxy) is 1. The van der Waals surface area contributed by atoms with E-state index < -0.39 is 35.1 Å². The summed E-state index contributed by atoms with van der Waals surface area (Å²) in [6.45, 7) is 4.12. The van der Waals surface area contributed by atoms with Gasteiger partial charge in [0.2, 0.25) is 17.7 Å². The van der Waals surface area contributed by atoms with E-state index in [1.165, 1.54) is 4.90 Å². The van der Waals surface area contributed by atoms with Gasteiger partial charge in [0.25, 0.3) is 0 Å². The van der Waals surface area contributed by atoms with Crippen molar-refractivity contribution in [2.24, 2.45) is 11.8 Å². The molecule has 5 rings (SSSR count). The van der Waals surface area contributed by atoms with E-state index in [2.05, 4.69) is 17.6 Å². The molecule has 8 nitrogen and oxygen atoms in total. The molecule has 2 aromatic rings. The molecule has 3 N–H and O–H groups in total. The molecule has 3 fully saturated rings. The second kappa shape index (κ2) is 10.5. The molecule has 0 aliphatic carbocycles. The van der Waals surface area contributed by atoms with Crippen molar-refractivity contribution in [3.63, 3.8) is 0 Å². The highest BCUT2D eigenvalue weighted by molar-refractivity contribution is 6.02. The lowest BCUT2D eigenvalue weighted by molar-refractivity contribution is -0.149. The van der Waals surface area contributed by atoms with Gasteiger partial charge in [0.05, 0.1) is 30.1 Å². The molecule has 0 saturated carbocycles. The van der Waals surface area contributed by atoms with Crippen molar-refractivity contribution in [2.45, 2.75) is 69.2 Å². The number of hydrogen-bond acceptors (Lipinski definition) is 5. The van der Waals surface area contributed by atoms with Crippen LogP contribution in [-0.2, 0) is 19.1 Å². The summed E-state index contributed by atoms with van der Waals surface area (Å²) in [5, 5.41) is 16.5. The van der Waals surface area contributed by atoms with Crippen molar-refractivity contribution in [1.29, 1.82) is 0 Å². The molecule has 3 saturated heterocycles. The van der Waals surface area contributed by atoms with Gasteiger partial charge in [-0.05, 0) is 43.9 Å². The number of carbonyl (C=O) groups excluding carboxylic acids is 3. The quantitative estimate of drug-likeness (QED) is 0.417. The highest BCUT2D eigenvalue weighted by Gasteiger charge is 2.78. The molecule has 2 bridgehead atoms. The molecule has 2 aromatic carbocycles. The summed E-state index contributed by atoms with van der Waals surface area (Å²) in [6, 6.07) is 16.7. The first-order valence-electron chi connectivity index (χ1n) is 13.7. The fourth-order valence-electron chi connectivity index (χ4n) is 6.85. The summed E-state index contributed by atoms with van der Waals surface area (Å²) in [5.74, 6) is -2.49. The van der Waals surface area contributed by atoms with Gasteiger partial charge in [-0.2, -0.15) is 0 Å². The number of fused-ring (bicyclic) bond motifs is 1. The van der Waals surface area contributed by atoms with Crippen LogP contribution in [-0.4, -0.2) is 58.1 Å². The number of nitrogens with zero attached hydrogens (tertiary/aromatic N) is 1. The number of hydrogen-bond donors (Lipinski definition) is 3. The molecular weight excluding hydrogens is 482 g/mol. The Balaban J connectivity index is 1.53. The summed E-state index contributed by atoms with van der Waals surface area (Å²) >= 11 is 0. The number of para-hydroxylation sites is 1. The fourth-order valence-corrected chi connectivity index (χ4v) is 6.85. The molecule has 2 unspecified atom stereocenters. The smallest absolute Gasteiger partial charge is 0.245 e. The van der Waals surface area contributed by atoms with Crippen molar-refractivity contribution in [2.75, 3.05) is 18.5 Å². The Labute approximate surface area is 223 Å². The van der Waals surface area contributed by atoms with Crippen LogP contribution in [0.4, 0.5) is 5.69 Å². The van der Waals surface area contributed by atoms with E-state index >= 15 is 0 Å². The molecule has 1 spiro atoms. The molecule has 8 heteroatoms. The van der Waals surface area contributed by atoms with Crippen LogP contribution in [0.1, 0.15) is 57.6 Å². The molecule has 0 radical (unpaired) electrons. The van der Waals surface area contributed by atoms with Crippen LogP contribution in [0.15, 0.2) is 60.7 Å². The zero-order chi connectivity index (χ0) is 26.9. The van der Waals surface area contributed by atoms with Crippen LogP contribution in [0.3, 0.4) is 0 Å². The average molecular weight is 520 g/mol. The molecule has 38 heavy (non-hydrogen) atoms. The van der Waals surface area contributed by atoms with Crippen molar-refractivity contribution in [3.8, 4) is 0 Å². The van der Waals surface area contributed by atoms with Crippen LogP contribution in [0.25, 0.3) is 0 Å². The monoisotopic (exact) mass is 519 g/mol. The first-order chi connectivity index (χ1) is 18.4. The maximum absolute atomic E-state index is 14.3. The number of nitrogens with one attached hydrogen (secondary N) is 2. The number of amides is 3.